The van der Waals surface area contributed by atoms with Gasteiger partial charge in [-0.15, -0.1) is 0 Å². The topological polar surface area (TPSA) is 0 Å². The molecule has 0 aromatic rings. The number of halogens is 6. The summed E-state index contributed by atoms with van der Waals surface area (Å²) in [7, 11) is 0. The monoisotopic (exact) mass is 286 g/mol. The van der Waals surface area contributed by atoms with Crippen LogP contribution in [-0.2, 0) is 0 Å². The average Bonchev–Trinajstić information content (AvgIpc) is 2.21. The van der Waals surface area contributed by atoms with E-state index < -0.39 is 29.3 Å². The molecule has 0 radical (unpaired) electrons. The molecular weight excluding hydrogens is 270 g/mol. The van der Waals surface area contributed by atoms with Gasteiger partial charge in [0.05, 0.1) is 0 Å². The molecule has 1 aliphatic carbocycles. The second-order valence-electron chi connectivity index (χ2n) is 5.02. The molecule has 0 aromatic carbocycles. The van der Waals surface area contributed by atoms with Crippen LogP contribution in [0.1, 0.15) is 34.1 Å². The second-order valence-corrected chi connectivity index (χ2v) is 5.02. The Morgan fingerprint density at radius 1 is 1.16 bits per heavy atom. The Balaban J connectivity index is 3.54. The first-order valence-corrected chi connectivity index (χ1v) is 5.93. The van der Waals surface area contributed by atoms with Crippen molar-refractivity contribution in [1.82, 2.24) is 0 Å². The van der Waals surface area contributed by atoms with Crippen LogP contribution in [0, 0.1) is 11.3 Å². The summed E-state index contributed by atoms with van der Waals surface area (Å²) in [5.41, 5.74) is -3.46. The minimum absolute atomic E-state index is 0.0250. The van der Waals surface area contributed by atoms with E-state index in [1.165, 1.54) is 13.8 Å². The highest BCUT2D eigenvalue weighted by Crippen LogP contribution is 2.54. The van der Waals surface area contributed by atoms with Gasteiger partial charge < -0.3 is 0 Å². The lowest BCUT2D eigenvalue weighted by atomic mass is 9.68. The number of rotatable bonds is 1. The zero-order valence-corrected chi connectivity index (χ0v) is 11.1. The lowest BCUT2D eigenvalue weighted by Crippen LogP contribution is -2.40. The van der Waals surface area contributed by atoms with Crippen molar-refractivity contribution in [2.24, 2.45) is 11.3 Å². The van der Waals surface area contributed by atoms with Crippen molar-refractivity contribution in [3.63, 3.8) is 0 Å². The van der Waals surface area contributed by atoms with Gasteiger partial charge in [-0.05, 0) is 20.3 Å². The SMILES string of the molecule is CCC1=C(C)C(C)(C(F)(F)F)C=C(C(F)(F)F)C1C. The molecule has 2 atom stereocenters. The van der Waals surface area contributed by atoms with Gasteiger partial charge >= 0.3 is 12.4 Å². The molecule has 0 N–H and O–H groups in total. The first-order valence-electron chi connectivity index (χ1n) is 5.93. The molecule has 1 aliphatic rings. The van der Waals surface area contributed by atoms with E-state index in [-0.39, 0.29) is 17.6 Å². The molecule has 2 unspecified atom stereocenters. The van der Waals surface area contributed by atoms with Crippen LogP contribution in [-0.4, -0.2) is 12.4 Å². The van der Waals surface area contributed by atoms with Crippen LogP contribution >= 0.6 is 0 Å². The van der Waals surface area contributed by atoms with Gasteiger partial charge in [-0.3, -0.25) is 0 Å². The van der Waals surface area contributed by atoms with Gasteiger partial charge in [-0.2, -0.15) is 26.3 Å². The zero-order chi connectivity index (χ0) is 15.2. The van der Waals surface area contributed by atoms with E-state index in [0.29, 0.717) is 6.08 Å². The Labute approximate surface area is 108 Å². The predicted octanol–water partition coefficient (Wildman–Crippen LogP) is 5.42. The maximum absolute atomic E-state index is 13.1. The molecule has 0 amide bonds. The number of hydrogen-bond acceptors (Lipinski definition) is 0. The Morgan fingerprint density at radius 2 is 1.63 bits per heavy atom. The number of allylic oxidation sites excluding steroid dienone is 4. The molecule has 0 aromatic heterocycles. The Kier molecular flexibility index (Phi) is 3.87. The Bertz CT molecular complexity index is 423. The maximum atomic E-state index is 13.1. The van der Waals surface area contributed by atoms with Crippen LogP contribution < -0.4 is 0 Å². The van der Waals surface area contributed by atoms with E-state index in [1.54, 1.807) is 6.92 Å². The Morgan fingerprint density at radius 3 is 1.95 bits per heavy atom. The molecule has 0 saturated heterocycles. The van der Waals surface area contributed by atoms with Crippen molar-refractivity contribution in [3.05, 3.63) is 22.8 Å². The molecule has 0 aliphatic heterocycles. The van der Waals surface area contributed by atoms with Crippen molar-refractivity contribution in [2.45, 2.75) is 46.5 Å². The quantitative estimate of drug-likeness (QED) is 0.446. The minimum Gasteiger partial charge on any atom is -0.170 e. The fraction of sp³-hybridized carbons (Fsp3) is 0.692. The third-order valence-electron chi connectivity index (χ3n) is 3.99. The van der Waals surface area contributed by atoms with Crippen molar-refractivity contribution in [3.8, 4) is 0 Å². The summed E-state index contributed by atoms with van der Waals surface area (Å²) in [6, 6.07) is 0. The second kappa shape index (κ2) is 4.56. The van der Waals surface area contributed by atoms with Crippen LogP contribution in [0.2, 0.25) is 0 Å². The highest BCUT2D eigenvalue weighted by atomic mass is 19.4. The first kappa shape index (κ1) is 16.1. The van der Waals surface area contributed by atoms with Crippen molar-refractivity contribution in [1.29, 1.82) is 0 Å². The minimum atomic E-state index is -4.74. The molecule has 1 rings (SSSR count). The summed E-state index contributed by atoms with van der Waals surface area (Å²) < 4.78 is 78.1. The highest BCUT2D eigenvalue weighted by Gasteiger charge is 2.56. The smallest absolute Gasteiger partial charge is 0.170 e. The van der Waals surface area contributed by atoms with E-state index >= 15 is 0 Å². The van der Waals surface area contributed by atoms with Gasteiger partial charge in [0.1, 0.15) is 5.41 Å². The van der Waals surface area contributed by atoms with Crippen molar-refractivity contribution in [2.75, 3.05) is 0 Å². The summed E-state index contributed by atoms with van der Waals surface area (Å²) in [6.45, 7) is 4.95. The van der Waals surface area contributed by atoms with Gasteiger partial charge in [0.25, 0.3) is 0 Å². The molecule has 0 saturated carbocycles. The molecule has 19 heavy (non-hydrogen) atoms. The number of hydrogen-bond donors (Lipinski definition) is 0. The van der Waals surface area contributed by atoms with Crippen LogP contribution in [0.4, 0.5) is 26.3 Å². The summed E-state index contributed by atoms with van der Waals surface area (Å²) in [5.74, 6) is -1.03. The summed E-state index contributed by atoms with van der Waals surface area (Å²) in [6.07, 6.45) is -8.97. The zero-order valence-electron chi connectivity index (χ0n) is 11.1. The van der Waals surface area contributed by atoms with Gasteiger partial charge in [0, 0.05) is 11.5 Å². The standard InChI is InChI=1S/C13H16F6/c1-5-9-7(2)10(12(14,15)16)6-11(4,8(9)3)13(17,18)19/h6-7H,5H2,1-4H3. The summed E-state index contributed by atoms with van der Waals surface area (Å²) >= 11 is 0. The van der Waals surface area contributed by atoms with E-state index in [4.69, 9.17) is 0 Å². The predicted molar refractivity (Wildman–Crippen MR) is 60.5 cm³/mol. The maximum Gasteiger partial charge on any atom is 0.412 e. The van der Waals surface area contributed by atoms with Crippen molar-refractivity contribution < 1.29 is 26.3 Å². The Hall–Kier alpha value is -0.940. The largest absolute Gasteiger partial charge is 0.412 e. The van der Waals surface area contributed by atoms with Gasteiger partial charge in [0.2, 0.25) is 0 Å². The summed E-state index contributed by atoms with van der Waals surface area (Å²) in [4.78, 5) is 0. The molecule has 0 heterocycles. The molecule has 0 fully saturated rings. The molecule has 110 valence electrons. The average molecular weight is 286 g/mol. The highest BCUT2D eigenvalue weighted by molar-refractivity contribution is 5.41. The van der Waals surface area contributed by atoms with Crippen LogP contribution in [0.25, 0.3) is 0 Å². The van der Waals surface area contributed by atoms with Crippen molar-refractivity contribution >= 4 is 0 Å². The summed E-state index contributed by atoms with van der Waals surface area (Å²) in [5, 5.41) is 0. The fourth-order valence-electron chi connectivity index (χ4n) is 2.58. The fourth-order valence-corrected chi connectivity index (χ4v) is 2.58. The van der Waals surface area contributed by atoms with E-state index in [1.807, 2.05) is 0 Å². The van der Waals surface area contributed by atoms with E-state index in [9.17, 15) is 26.3 Å². The number of alkyl halides is 6. The molecule has 0 nitrogen and oxygen atoms in total. The normalized spacial score (nSPS) is 29.6. The van der Waals surface area contributed by atoms with E-state index in [0.717, 1.165) is 6.92 Å². The third-order valence-corrected chi connectivity index (χ3v) is 3.99. The lowest BCUT2D eigenvalue weighted by molar-refractivity contribution is -0.189. The van der Waals surface area contributed by atoms with E-state index in [2.05, 4.69) is 0 Å². The van der Waals surface area contributed by atoms with Crippen LogP contribution in [0.3, 0.4) is 0 Å². The van der Waals surface area contributed by atoms with Gasteiger partial charge in [-0.1, -0.05) is 31.1 Å². The van der Waals surface area contributed by atoms with Crippen LogP contribution in [0.15, 0.2) is 22.8 Å². The van der Waals surface area contributed by atoms with Crippen LogP contribution in [0.5, 0.6) is 0 Å². The molecule has 0 spiro atoms. The third kappa shape index (κ3) is 2.54. The lowest BCUT2D eigenvalue weighted by Gasteiger charge is -2.39. The molecular formula is C13H16F6. The molecule has 0 bridgehead atoms. The van der Waals surface area contributed by atoms with Gasteiger partial charge in [0.15, 0.2) is 0 Å². The molecule has 6 heteroatoms. The van der Waals surface area contributed by atoms with Gasteiger partial charge in [-0.25, -0.2) is 0 Å². The first-order chi connectivity index (χ1) is 8.36.